The Morgan fingerprint density at radius 2 is 1.91 bits per heavy atom. The van der Waals surface area contributed by atoms with Gasteiger partial charge < -0.3 is 5.32 Å². The van der Waals surface area contributed by atoms with Crippen molar-refractivity contribution in [2.45, 2.75) is 51.0 Å². The number of nitrogens with zero attached hydrogens (tertiary/aromatic N) is 4. The van der Waals surface area contributed by atoms with Crippen molar-refractivity contribution in [3.05, 3.63) is 5.69 Å². The van der Waals surface area contributed by atoms with E-state index in [1.165, 1.54) is 56.3 Å². The van der Waals surface area contributed by atoms with Crippen LogP contribution in [0, 0.1) is 6.92 Å². The van der Waals surface area contributed by atoms with E-state index in [2.05, 4.69) is 22.2 Å². The van der Waals surface area contributed by atoms with Gasteiger partial charge >= 0.3 is 0 Å². The zero-order valence-electron chi connectivity index (χ0n) is 13.6. The van der Waals surface area contributed by atoms with E-state index in [9.17, 15) is 0 Å². The second kappa shape index (κ2) is 5.49. The van der Waals surface area contributed by atoms with Gasteiger partial charge in [-0.1, -0.05) is 24.2 Å². The molecular formula is C16H25N5S. The van der Waals surface area contributed by atoms with Crippen LogP contribution in [-0.2, 0) is 7.05 Å². The van der Waals surface area contributed by atoms with Crippen molar-refractivity contribution >= 4 is 26.8 Å². The van der Waals surface area contributed by atoms with E-state index in [1.54, 1.807) is 11.3 Å². The van der Waals surface area contributed by atoms with E-state index in [0.717, 1.165) is 23.0 Å². The van der Waals surface area contributed by atoms with Crippen molar-refractivity contribution in [3.63, 3.8) is 0 Å². The van der Waals surface area contributed by atoms with Gasteiger partial charge in [-0.3, -0.25) is 4.90 Å². The number of anilines is 1. The van der Waals surface area contributed by atoms with Gasteiger partial charge in [0.1, 0.15) is 0 Å². The molecule has 2 aromatic rings. The summed E-state index contributed by atoms with van der Waals surface area (Å²) in [5.41, 5.74) is 2.46. The highest BCUT2D eigenvalue weighted by Crippen LogP contribution is 2.38. The van der Waals surface area contributed by atoms with Crippen LogP contribution in [0.3, 0.4) is 0 Å². The normalized spacial score (nSPS) is 21.9. The Morgan fingerprint density at radius 3 is 2.59 bits per heavy atom. The standard InChI is InChI=1S/C16H25N5S/c1-12-13-14(20(2)19-12)18-15(22-13)17-11-16(7-3-4-8-16)21-9-5-6-10-21/h3-11H2,1-2H3,(H,17,18). The van der Waals surface area contributed by atoms with Gasteiger partial charge in [-0.15, -0.1) is 0 Å². The van der Waals surface area contributed by atoms with Crippen molar-refractivity contribution in [1.29, 1.82) is 0 Å². The van der Waals surface area contributed by atoms with Gasteiger partial charge in [-0.25, -0.2) is 9.67 Å². The molecule has 0 unspecified atom stereocenters. The fourth-order valence-electron chi connectivity index (χ4n) is 4.23. The first-order valence-electron chi connectivity index (χ1n) is 8.47. The maximum atomic E-state index is 4.74. The van der Waals surface area contributed by atoms with Gasteiger partial charge in [0.15, 0.2) is 10.8 Å². The molecule has 6 heteroatoms. The summed E-state index contributed by atoms with van der Waals surface area (Å²) in [5.74, 6) is 0. The summed E-state index contributed by atoms with van der Waals surface area (Å²) >= 11 is 1.75. The number of hydrogen-bond donors (Lipinski definition) is 1. The Labute approximate surface area is 135 Å². The number of hydrogen-bond acceptors (Lipinski definition) is 5. The monoisotopic (exact) mass is 319 g/mol. The van der Waals surface area contributed by atoms with Gasteiger partial charge in [-0.05, 0) is 45.7 Å². The van der Waals surface area contributed by atoms with Gasteiger partial charge in [-0.2, -0.15) is 5.10 Å². The Morgan fingerprint density at radius 1 is 1.18 bits per heavy atom. The lowest BCUT2D eigenvalue weighted by atomic mass is 9.95. The van der Waals surface area contributed by atoms with E-state index < -0.39 is 0 Å². The van der Waals surface area contributed by atoms with Crippen LogP contribution in [0.1, 0.15) is 44.2 Å². The quantitative estimate of drug-likeness (QED) is 0.940. The third-order valence-electron chi connectivity index (χ3n) is 5.42. The summed E-state index contributed by atoms with van der Waals surface area (Å²) in [5, 5.41) is 9.15. The highest BCUT2D eigenvalue weighted by molar-refractivity contribution is 7.22. The second-order valence-corrected chi connectivity index (χ2v) is 7.86. The lowest BCUT2D eigenvalue weighted by molar-refractivity contribution is 0.135. The molecule has 0 amide bonds. The van der Waals surface area contributed by atoms with Gasteiger partial charge in [0.05, 0.1) is 10.4 Å². The van der Waals surface area contributed by atoms with Crippen LogP contribution in [0.4, 0.5) is 5.13 Å². The first-order valence-corrected chi connectivity index (χ1v) is 9.29. The van der Waals surface area contributed by atoms with Gasteiger partial charge in [0.2, 0.25) is 0 Å². The molecule has 2 aromatic heterocycles. The smallest absolute Gasteiger partial charge is 0.185 e. The molecule has 0 radical (unpaired) electrons. The summed E-state index contributed by atoms with van der Waals surface area (Å²) in [6.07, 6.45) is 8.17. The molecule has 0 spiro atoms. The molecule has 4 rings (SSSR count). The summed E-state index contributed by atoms with van der Waals surface area (Å²) in [6, 6.07) is 0. The molecule has 1 saturated heterocycles. The molecule has 2 fully saturated rings. The lowest BCUT2D eigenvalue weighted by Crippen LogP contribution is -2.50. The van der Waals surface area contributed by atoms with Gasteiger partial charge in [0.25, 0.3) is 0 Å². The number of nitrogens with one attached hydrogen (secondary N) is 1. The largest absolute Gasteiger partial charge is 0.360 e. The van der Waals surface area contributed by atoms with Crippen LogP contribution in [0.2, 0.25) is 0 Å². The maximum Gasteiger partial charge on any atom is 0.185 e. The van der Waals surface area contributed by atoms with E-state index in [-0.39, 0.29) is 0 Å². The SMILES string of the molecule is Cc1nn(C)c2nc(NCC3(N4CCCC4)CCCC3)sc12. The maximum absolute atomic E-state index is 4.74. The number of aromatic nitrogens is 3. The summed E-state index contributed by atoms with van der Waals surface area (Å²) in [4.78, 5) is 7.48. The highest BCUT2D eigenvalue weighted by Gasteiger charge is 2.40. The van der Waals surface area contributed by atoms with E-state index in [1.807, 2.05) is 11.7 Å². The molecule has 3 heterocycles. The average Bonchev–Trinajstić information content (AvgIpc) is 3.24. The predicted molar refractivity (Wildman–Crippen MR) is 91.6 cm³/mol. The number of likely N-dealkylation sites (tertiary alicyclic amines) is 1. The first kappa shape index (κ1) is 14.5. The molecule has 1 aliphatic heterocycles. The number of fused-ring (bicyclic) bond motifs is 1. The number of thiazole rings is 1. The zero-order chi connectivity index (χ0) is 15.2. The summed E-state index contributed by atoms with van der Waals surface area (Å²) in [7, 11) is 1.97. The molecule has 0 bridgehead atoms. The van der Waals surface area contributed by atoms with E-state index >= 15 is 0 Å². The van der Waals surface area contributed by atoms with E-state index in [0.29, 0.717) is 5.54 Å². The van der Waals surface area contributed by atoms with E-state index in [4.69, 9.17) is 4.98 Å². The summed E-state index contributed by atoms with van der Waals surface area (Å²) in [6.45, 7) is 5.67. The zero-order valence-corrected chi connectivity index (χ0v) is 14.4. The summed E-state index contributed by atoms with van der Waals surface area (Å²) < 4.78 is 3.10. The Balaban J connectivity index is 1.52. The van der Waals surface area contributed by atoms with Crippen LogP contribution in [0.15, 0.2) is 0 Å². The van der Waals surface area contributed by atoms with Crippen LogP contribution in [0.5, 0.6) is 0 Å². The molecule has 2 aliphatic rings. The Hall–Kier alpha value is -1.14. The van der Waals surface area contributed by atoms with Gasteiger partial charge in [0, 0.05) is 19.1 Å². The minimum Gasteiger partial charge on any atom is -0.360 e. The third-order valence-corrected chi connectivity index (χ3v) is 6.54. The van der Waals surface area contributed by atoms with Crippen molar-refractivity contribution < 1.29 is 0 Å². The molecule has 1 N–H and O–H groups in total. The molecule has 5 nitrogen and oxygen atoms in total. The first-order chi connectivity index (χ1) is 10.7. The number of rotatable bonds is 4. The van der Waals surface area contributed by atoms with Crippen molar-refractivity contribution in [2.24, 2.45) is 7.05 Å². The van der Waals surface area contributed by atoms with Crippen LogP contribution >= 0.6 is 11.3 Å². The minimum absolute atomic E-state index is 0.377. The fourth-order valence-corrected chi connectivity index (χ4v) is 5.16. The molecule has 0 atom stereocenters. The average molecular weight is 319 g/mol. The molecule has 0 aromatic carbocycles. The predicted octanol–water partition coefficient (Wildman–Crippen LogP) is 3.16. The van der Waals surface area contributed by atoms with Crippen molar-refractivity contribution in [1.82, 2.24) is 19.7 Å². The number of aryl methyl sites for hydroxylation is 2. The van der Waals surface area contributed by atoms with Crippen LogP contribution in [-0.4, -0.2) is 44.8 Å². The van der Waals surface area contributed by atoms with Crippen molar-refractivity contribution in [2.75, 3.05) is 25.0 Å². The molecule has 1 aliphatic carbocycles. The molecule has 120 valence electrons. The van der Waals surface area contributed by atoms with Crippen LogP contribution in [0.25, 0.3) is 10.3 Å². The van der Waals surface area contributed by atoms with Crippen molar-refractivity contribution in [3.8, 4) is 0 Å². The molecule has 1 saturated carbocycles. The van der Waals surface area contributed by atoms with Crippen LogP contribution < -0.4 is 5.32 Å². The molecule has 22 heavy (non-hydrogen) atoms. The lowest BCUT2D eigenvalue weighted by Gasteiger charge is -2.39. The highest BCUT2D eigenvalue weighted by atomic mass is 32.1. The third kappa shape index (κ3) is 2.33. The Kier molecular flexibility index (Phi) is 3.61. The Bertz CT molecular complexity index is 627. The fraction of sp³-hybridized carbons (Fsp3) is 0.750. The topological polar surface area (TPSA) is 46.0 Å². The minimum atomic E-state index is 0.377. The second-order valence-electron chi connectivity index (χ2n) is 6.86. The molecular weight excluding hydrogens is 294 g/mol.